The molecule has 1 heterocycles. The maximum absolute atomic E-state index is 10.1. The first-order chi connectivity index (χ1) is 11.5. The number of hydrogen-bond donors (Lipinski definition) is 1. The van der Waals surface area contributed by atoms with Gasteiger partial charge in [-0.25, -0.2) is 0 Å². The summed E-state index contributed by atoms with van der Waals surface area (Å²) in [5, 5.41) is 10.1. The van der Waals surface area contributed by atoms with E-state index in [2.05, 4.69) is 47.9 Å². The molecule has 0 amide bonds. The minimum atomic E-state index is -0.250. The van der Waals surface area contributed by atoms with Gasteiger partial charge in [0.15, 0.2) is 0 Å². The Hall–Kier alpha value is -0.940. The fourth-order valence-electron chi connectivity index (χ4n) is 3.35. The molecular weight excluding hydrogens is 298 g/mol. The normalized spacial score (nSPS) is 19.6. The smallest absolute Gasteiger partial charge is 0.0793 e. The van der Waals surface area contributed by atoms with Crippen molar-refractivity contribution in [1.29, 1.82) is 0 Å². The Morgan fingerprint density at radius 3 is 2.17 bits per heavy atom. The first kappa shape index (κ1) is 19.4. The van der Waals surface area contributed by atoms with Crippen molar-refractivity contribution in [3.05, 3.63) is 35.4 Å². The third kappa shape index (κ3) is 6.17. The van der Waals surface area contributed by atoms with Gasteiger partial charge < -0.3 is 10.0 Å². The van der Waals surface area contributed by atoms with Crippen molar-refractivity contribution < 1.29 is 5.11 Å². The van der Waals surface area contributed by atoms with Crippen LogP contribution in [0.4, 0.5) is 0 Å². The van der Waals surface area contributed by atoms with Crippen molar-refractivity contribution in [3.63, 3.8) is 0 Å². The molecular formula is C20H35N3O. The molecule has 0 aromatic heterocycles. The van der Waals surface area contributed by atoms with Crippen LogP contribution in [-0.2, 0) is 6.54 Å². The lowest BCUT2D eigenvalue weighted by atomic mass is 9.97. The molecule has 136 valence electrons. The van der Waals surface area contributed by atoms with Crippen LogP contribution in [0.3, 0.4) is 0 Å². The Labute approximate surface area is 148 Å². The zero-order chi connectivity index (χ0) is 17.5. The van der Waals surface area contributed by atoms with Gasteiger partial charge in [0.25, 0.3) is 0 Å². The van der Waals surface area contributed by atoms with E-state index in [0.29, 0.717) is 5.92 Å². The zero-order valence-corrected chi connectivity index (χ0v) is 15.9. The molecule has 1 saturated heterocycles. The van der Waals surface area contributed by atoms with E-state index in [0.717, 1.165) is 45.8 Å². The number of nitrogens with zero attached hydrogens (tertiary/aromatic N) is 3. The second-order valence-electron chi connectivity index (χ2n) is 7.54. The molecule has 0 bridgehead atoms. The molecule has 24 heavy (non-hydrogen) atoms. The highest BCUT2D eigenvalue weighted by atomic mass is 16.3. The summed E-state index contributed by atoms with van der Waals surface area (Å²) in [7, 11) is 4.02. The van der Waals surface area contributed by atoms with Gasteiger partial charge in [-0.3, -0.25) is 9.80 Å². The number of β-amino-alcohol motifs (C(OH)–C–C–N with tert-alkyl or cyclic N) is 1. The zero-order valence-electron chi connectivity index (χ0n) is 15.9. The summed E-state index contributed by atoms with van der Waals surface area (Å²) in [6.45, 7) is 11.4. The van der Waals surface area contributed by atoms with E-state index >= 15 is 0 Å². The highest BCUT2D eigenvalue weighted by molar-refractivity contribution is 5.25. The highest BCUT2D eigenvalue weighted by Gasteiger charge is 2.19. The first-order valence-corrected chi connectivity index (χ1v) is 9.34. The molecule has 2 atom stereocenters. The molecule has 0 radical (unpaired) electrons. The predicted molar refractivity (Wildman–Crippen MR) is 101 cm³/mol. The summed E-state index contributed by atoms with van der Waals surface area (Å²) in [5.74, 6) is 0.649. The topological polar surface area (TPSA) is 30.0 Å². The number of aliphatic hydroxyl groups is 1. The second kappa shape index (κ2) is 9.52. The van der Waals surface area contributed by atoms with E-state index in [-0.39, 0.29) is 6.10 Å². The van der Waals surface area contributed by atoms with Crippen molar-refractivity contribution in [1.82, 2.24) is 14.7 Å². The number of aliphatic hydroxyl groups excluding tert-OH is 1. The van der Waals surface area contributed by atoms with Crippen LogP contribution in [0.1, 0.15) is 37.3 Å². The summed E-state index contributed by atoms with van der Waals surface area (Å²) in [5.41, 5.74) is 2.85. The van der Waals surface area contributed by atoms with Crippen LogP contribution >= 0.6 is 0 Å². The molecule has 1 aromatic carbocycles. The quantitative estimate of drug-likeness (QED) is 0.790. The van der Waals surface area contributed by atoms with Crippen molar-refractivity contribution in [2.45, 2.75) is 38.8 Å². The van der Waals surface area contributed by atoms with E-state index in [1.165, 1.54) is 17.5 Å². The lowest BCUT2D eigenvalue weighted by molar-refractivity contribution is 0.0576. The highest BCUT2D eigenvalue weighted by Crippen LogP contribution is 2.19. The van der Waals surface area contributed by atoms with Crippen LogP contribution in [0.2, 0.25) is 0 Å². The van der Waals surface area contributed by atoms with Crippen LogP contribution in [0, 0.1) is 0 Å². The number of piperazine rings is 1. The van der Waals surface area contributed by atoms with Crippen LogP contribution in [0.25, 0.3) is 0 Å². The van der Waals surface area contributed by atoms with Gasteiger partial charge in [0.2, 0.25) is 0 Å². The first-order valence-electron chi connectivity index (χ1n) is 9.34. The third-order valence-corrected chi connectivity index (χ3v) is 5.08. The number of likely N-dealkylation sites (N-methyl/N-ethyl adjacent to an activating group) is 1. The molecule has 4 heteroatoms. The van der Waals surface area contributed by atoms with Gasteiger partial charge in [0.1, 0.15) is 0 Å². The Bertz CT molecular complexity index is 466. The van der Waals surface area contributed by atoms with Crippen LogP contribution in [0.5, 0.6) is 0 Å². The monoisotopic (exact) mass is 333 g/mol. The van der Waals surface area contributed by atoms with E-state index < -0.39 is 0 Å². The average molecular weight is 334 g/mol. The van der Waals surface area contributed by atoms with Crippen LogP contribution in [0.15, 0.2) is 24.3 Å². The van der Waals surface area contributed by atoms with E-state index in [4.69, 9.17) is 0 Å². The largest absolute Gasteiger partial charge is 0.390 e. The molecule has 2 rings (SSSR count). The molecule has 0 spiro atoms. The minimum absolute atomic E-state index is 0.250. The van der Waals surface area contributed by atoms with E-state index in [1.54, 1.807) is 0 Å². The Kier molecular flexibility index (Phi) is 7.69. The van der Waals surface area contributed by atoms with Crippen molar-refractivity contribution >= 4 is 0 Å². The maximum atomic E-state index is 10.1. The molecule has 2 unspecified atom stereocenters. The van der Waals surface area contributed by atoms with Gasteiger partial charge in [-0.2, -0.15) is 0 Å². The third-order valence-electron chi connectivity index (χ3n) is 5.08. The summed E-state index contributed by atoms with van der Waals surface area (Å²) < 4.78 is 0. The van der Waals surface area contributed by atoms with Gasteiger partial charge >= 0.3 is 0 Å². The van der Waals surface area contributed by atoms with Crippen molar-refractivity contribution in [3.8, 4) is 0 Å². The molecule has 1 N–H and O–H groups in total. The van der Waals surface area contributed by atoms with Gasteiger partial charge in [-0.1, -0.05) is 38.1 Å². The minimum Gasteiger partial charge on any atom is -0.390 e. The van der Waals surface area contributed by atoms with Gasteiger partial charge in [-0.05, 0) is 37.6 Å². The SMILES string of the molecule is CCC(C)c1ccc(CN2CCN(CC(O)CN(C)C)CC2)cc1. The standard InChI is InChI=1S/C20H35N3O/c1-5-17(2)19-8-6-18(7-9-19)14-22-10-12-23(13-11-22)16-20(24)15-21(3)4/h6-9,17,20,24H,5,10-16H2,1-4H3. The molecule has 1 aliphatic rings. The number of benzene rings is 1. The van der Waals surface area contributed by atoms with E-state index in [1.807, 2.05) is 19.0 Å². The summed E-state index contributed by atoms with van der Waals surface area (Å²) in [6.07, 6.45) is 0.945. The number of rotatable bonds is 8. The average Bonchev–Trinajstić information content (AvgIpc) is 2.56. The van der Waals surface area contributed by atoms with Crippen molar-refractivity contribution in [2.24, 2.45) is 0 Å². The lowest BCUT2D eigenvalue weighted by Crippen LogP contribution is -2.49. The Balaban J connectivity index is 1.74. The molecule has 1 fully saturated rings. The Morgan fingerprint density at radius 2 is 1.62 bits per heavy atom. The van der Waals surface area contributed by atoms with Crippen LogP contribution in [-0.4, -0.2) is 79.3 Å². The summed E-state index contributed by atoms with van der Waals surface area (Å²) in [6, 6.07) is 9.15. The van der Waals surface area contributed by atoms with Crippen LogP contribution < -0.4 is 0 Å². The van der Waals surface area contributed by atoms with Gasteiger partial charge in [-0.15, -0.1) is 0 Å². The van der Waals surface area contributed by atoms with E-state index in [9.17, 15) is 5.11 Å². The second-order valence-corrected chi connectivity index (χ2v) is 7.54. The van der Waals surface area contributed by atoms with Crippen molar-refractivity contribution in [2.75, 3.05) is 53.4 Å². The molecule has 0 saturated carbocycles. The van der Waals surface area contributed by atoms with Gasteiger partial charge in [0.05, 0.1) is 6.10 Å². The molecule has 1 aliphatic heterocycles. The molecule has 0 aliphatic carbocycles. The van der Waals surface area contributed by atoms with Gasteiger partial charge in [0, 0.05) is 45.8 Å². The lowest BCUT2D eigenvalue weighted by Gasteiger charge is -2.36. The maximum Gasteiger partial charge on any atom is 0.0793 e. The summed E-state index contributed by atoms with van der Waals surface area (Å²) >= 11 is 0. The fraction of sp³-hybridized carbons (Fsp3) is 0.700. The molecule has 1 aromatic rings. The Morgan fingerprint density at radius 1 is 1.04 bits per heavy atom. The number of hydrogen-bond acceptors (Lipinski definition) is 4. The molecule has 4 nitrogen and oxygen atoms in total. The predicted octanol–water partition coefficient (Wildman–Crippen LogP) is 2.24. The summed E-state index contributed by atoms with van der Waals surface area (Å²) in [4.78, 5) is 6.95. The fourth-order valence-corrected chi connectivity index (χ4v) is 3.35.